The van der Waals surface area contributed by atoms with Crippen LogP contribution in [0.3, 0.4) is 0 Å². The van der Waals surface area contributed by atoms with Gasteiger partial charge in [0.25, 0.3) is 0 Å². The second-order valence-electron chi connectivity index (χ2n) is 6.54. The first-order valence-corrected chi connectivity index (χ1v) is 7.65. The summed E-state index contributed by atoms with van der Waals surface area (Å²) in [6, 6.07) is 0. The van der Waals surface area contributed by atoms with Crippen LogP contribution < -0.4 is 10.1 Å². The summed E-state index contributed by atoms with van der Waals surface area (Å²) in [5.41, 5.74) is 4.65. The fraction of sp³-hybridized carbons (Fsp3) is 0.500. The Morgan fingerprint density at radius 2 is 1.95 bits per heavy atom. The van der Waals surface area contributed by atoms with E-state index in [0.717, 1.165) is 40.8 Å². The number of hydrogen-bond acceptors (Lipinski definition) is 4. The summed E-state index contributed by atoms with van der Waals surface area (Å²) in [5, 5.41) is 21.0. The summed E-state index contributed by atoms with van der Waals surface area (Å²) in [7, 11) is 0. The Bertz CT molecular complexity index is 649. The van der Waals surface area contributed by atoms with Crippen LogP contribution in [0.4, 0.5) is 0 Å². The van der Waals surface area contributed by atoms with E-state index in [1.807, 2.05) is 20.8 Å². The van der Waals surface area contributed by atoms with E-state index in [1.165, 1.54) is 0 Å². The van der Waals surface area contributed by atoms with Crippen molar-refractivity contribution in [1.29, 1.82) is 5.41 Å². The summed E-state index contributed by atoms with van der Waals surface area (Å²) in [6.07, 6.45) is 1.74. The predicted octanol–water partition coefficient (Wildman–Crippen LogP) is 3.54. The first-order valence-electron chi connectivity index (χ1n) is 7.65. The number of aromatic hydroxyl groups is 1. The van der Waals surface area contributed by atoms with Crippen LogP contribution in [0.2, 0.25) is 0 Å². The van der Waals surface area contributed by atoms with E-state index in [0.29, 0.717) is 23.7 Å². The molecule has 4 nitrogen and oxygen atoms in total. The molecule has 1 aromatic rings. The average Bonchev–Trinajstić information content (AvgIpc) is 2.48. The van der Waals surface area contributed by atoms with Crippen molar-refractivity contribution < 1.29 is 9.84 Å². The maximum atomic E-state index is 10.2. The molecule has 0 aliphatic carbocycles. The zero-order chi connectivity index (χ0) is 16.7. The van der Waals surface area contributed by atoms with E-state index in [1.54, 1.807) is 6.92 Å². The number of ether oxygens (including phenoxy) is 1. The molecule has 0 radical (unpaired) electrons. The van der Waals surface area contributed by atoms with Crippen molar-refractivity contribution in [2.75, 3.05) is 6.54 Å². The molecule has 1 aliphatic heterocycles. The van der Waals surface area contributed by atoms with Crippen molar-refractivity contribution >= 4 is 5.71 Å². The van der Waals surface area contributed by atoms with Gasteiger partial charge in [-0.1, -0.05) is 6.58 Å². The highest BCUT2D eigenvalue weighted by atomic mass is 16.5. The SMILES string of the molecule is C=C(NCC1(C)CCc2c(C)c(O)c(C)c(C)c2O1)C(C)=N. The van der Waals surface area contributed by atoms with Gasteiger partial charge in [-0.2, -0.15) is 0 Å². The molecule has 0 bridgehead atoms. The first-order chi connectivity index (χ1) is 10.2. The molecule has 2 rings (SSSR count). The number of allylic oxidation sites excluding steroid dienone is 1. The second-order valence-corrected chi connectivity index (χ2v) is 6.54. The summed E-state index contributed by atoms with van der Waals surface area (Å²) in [4.78, 5) is 0. The maximum Gasteiger partial charge on any atom is 0.127 e. The van der Waals surface area contributed by atoms with Crippen molar-refractivity contribution in [2.45, 2.75) is 53.1 Å². The van der Waals surface area contributed by atoms with Crippen LogP contribution in [0, 0.1) is 26.2 Å². The Morgan fingerprint density at radius 3 is 2.55 bits per heavy atom. The van der Waals surface area contributed by atoms with E-state index < -0.39 is 0 Å². The molecule has 3 N–H and O–H groups in total. The monoisotopic (exact) mass is 302 g/mol. The van der Waals surface area contributed by atoms with E-state index in [-0.39, 0.29) is 5.60 Å². The van der Waals surface area contributed by atoms with Gasteiger partial charge in [0, 0.05) is 11.3 Å². The topological polar surface area (TPSA) is 65.3 Å². The molecule has 0 saturated heterocycles. The average molecular weight is 302 g/mol. The van der Waals surface area contributed by atoms with Crippen LogP contribution in [-0.4, -0.2) is 23.0 Å². The lowest BCUT2D eigenvalue weighted by atomic mass is 9.87. The molecular formula is C18H26N2O2. The smallest absolute Gasteiger partial charge is 0.127 e. The van der Waals surface area contributed by atoms with Crippen LogP contribution in [0.25, 0.3) is 0 Å². The number of nitrogens with one attached hydrogen (secondary N) is 2. The normalized spacial score (nSPS) is 20.0. The van der Waals surface area contributed by atoms with Gasteiger partial charge in [0.05, 0.1) is 12.3 Å². The lowest BCUT2D eigenvalue weighted by molar-refractivity contribution is 0.0662. The molecule has 22 heavy (non-hydrogen) atoms. The van der Waals surface area contributed by atoms with Gasteiger partial charge < -0.3 is 20.6 Å². The fourth-order valence-corrected chi connectivity index (χ4v) is 2.85. The van der Waals surface area contributed by atoms with Crippen molar-refractivity contribution in [1.82, 2.24) is 5.32 Å². The standard InChI is InChI=1S/C18H26N2O2/c1-10-11(2)17-15(12(3)16(10)21)7-8-18(6,22-17)9-20-14(5)13(4)19/h19-21H,5,7-9H2,1-4,6H3. The van der Waals surface area contributed by atoms with E-state index in [9.17, 15) is 5.11 Å². The quantitative estimate of drug-likeness (QED) is 0.745. The third-order valence-electron chi connectivity index (χ3n) is 4.72. The Morgan fingerprint density at radius 1 is 1.32 bits per heavy atom. The van der Waals surface area contributed by atoms with Gasteiger partial charge in [-0.05, 0) is 64.2 Å². The molecule has 0 spiro atoms. The summed E-state index contributed by atoms with van der Waals surface area (Å²) in [6.45, 7) is 14.1. The number of phenolic OH excluding ortho intramolecular Hbond substituents is 1. The number of hydrogen-bond donors (Lipinski definition) is 3. The highest BCUT2D eigenvalue weighted by Crippen LogP contribution is 2.43. The molecule has 1 atom stereocenters. The van der Waals surface area contributed by atoms with Gasteiger partial charge in [-0.3, -0.25) is 0 Å². The minimum absolute atomic E-state index is 0.341. The van der Waals surface area contributed by atoms with Crippen LogP contribution >= 0.6 is 0 Å². The molecule has 120 valence electrons. The van der Waals surface area contributed by atoms with Gasteiger partial charge in [0.1, 0.15) is 17.1 Å². The Balaban J connectivity index is 2.27. The molecule has 1 unspecified atom stereocenters. The zero-order valence-corrected chi connectivity index (χ0v) is 14.2. The zero-order valence-electron chi connectivity index (χ0n) is 14.2. The van der Waals surface area contributed by atoms with Gasteiger partial charge in [-0.25, -0.2) is 0 Å². The number of benzene rings is 1. The number of fused-ring (bicyclic) bond motifs is 1. The molecular weight excluding hydrogens is 276 g/mol. The number of rotatable bonds is 4. The summed E-state index contributed by atoms with van der Waals surface area (Å²) in [5.74, 6) is 1.29. The van der Waals surface area contributed by atoms with Gasteiger partial charge in [0.2, 0.25) is 0 Å². The van der Waals surface area contributed by atoms with Crippen molar-refractivity contribution in [2.24, 2.45) is 0 Å². The number of phenols is 1. The van der Waals surface area contributed by atoms with Crippen molar-refractivity contribution in [3.8, 4) is 11.5 Å². The van der Waals surface area contributed by atoms with Crippen LogP contribution in [0.5, 0.6) is 11.5 Å². The molecule has 1 aromatic carbocycles. The summed E-state index contributed by atoms with van der Waals surface area (Å²) < 4.78 is 6.31. The van der Waals surface area contributed by atoms with Crippen LogP contribution in [-0.2, 0) is 6.42 Å². The molecule has 0 aromatic heterocycles. The van der Waals surface area contributed by atoms with E-state index >= 15 is 0 Å². The summed E-state index contributed by atoms with van der Waals surface area (Å²) >= 11 is 0. The predicted molar refractivity (Wildman–Crippen MR) is 90.2 cm³/mol. The Labute approximate surface area is 132 Å². The maximum absolute atomic E-state index is 10.2. The van der Waals surface area contributed by atoms with Gasteiger partial charge in [-0.15, -0.1) is 0 Å². The minimum atomic E-state index is -0.341. The Hall–Kier alpha value is -1.97. The van der Waals surface area contributed by atoms with Crippen molar-refractivity contribution in [3.63, 3.8) is 0 Å². The third-order valence-corrected chi connectivity index (χ3v) is 4.72. The van der Waals surface area contributed by atoms with E-state index in [4.69, 9.17) is 10.1 Å². The molecule has 0 fully saturated rings. The highest BCUT2D eigenvalue weighted by molar-refractivity contribution is 5.94. The molecule has 1 aliphatic rings. The third kappa shape index (κ3) is 2.82. The molecule has 0 amide bonds. The fourth-order valence-electron chi connectivity index (χ4n) is 2.85. The largest absolute Gasteiger partial charge is 0.507 e. The first kappa shape index (κ1) is 16.4. The molecule has 0 saturated carbocycles. The minimum Gasteiger partial charge on any atom is -0.507 e. The molecule has 1 heterocycles. The lowest BCUT2D eigenvalue weighted by Crippen LogP contribution is -2.46. The van der Waals surface area contributed by atoms with E-state index in [2.05, 4.69) is 18.8 Å². The Kier molecular flexibility index (Phi) is 4.23. The van der Waals surface area contributed by atoms with Crippen LogP contribution in [0.15, 0.2) is 12.3 Å². The van der Waals surface area contributed by atoms with Gasteiger partial charge in [0.15, 0.2) is 0 Å². The molecule has 4 heteroatoms. The second kappa shape index (κ2) is 5.67. The van der Waals surface area contributed by atoms with Gasteiger partial charge >= 0.3 is 0 Å². The van der Waals surface area contributed by atoms with Crippen LogP contribution in [0.1, 0.15) is 42.5 Å². The lowest BCUT2D eigenvalue weighted by Gasteiger charge is -2.38. The highest BCUT2D eigenvalue weighted by Gasteiger charge is 2.34. The van der Waals surface area contributed by atoms with Crippen molar-refractivity contribution in [3.05, 3.63) is 34.5 Å².